The molecular weight excluding hydrogens is 304 g/mol. The van der Waals surface area contributed by atoms with Gasteiger partial charge in [0.25, 0.3) is 5.91 Å². The smallest absolute Gasteiger partial charge is 0.263 e. The number of carbonyl (C=O) groups is 2. The highest BCUT2D eigenvalue weighted by Crippen LogP contribution is 2.22. The van der Waals surface area contributed by atoms with Gasteiger partial charge in [-0.2, -0.15) is 5.26 Å². The summed E-state index contributed by atoms with van der Waals surface area (Å²) in [6, 6.07) is 2.43. The first-order chi connectivity index (χ1) is 11.6. The molecule has 0 radical (unpaired) electrons. The number of amides is 2. The van der Waals surface area contributed by atoms with E-state index in [1.807, 2.05) is 22.9 Å². The molecule has 132 valence electrons. The van der Waals surface area contributed by atoms with E-state index in [-0.39, 0.29) is 17.4 Å². The molecule has 2 rings (SSSR count). The molecule has 1 heterocycles. The van der Waals surface area contributed by atoms with Crippen LogP contribution in [0.2, 0.25) is 0 Å². The minimum Gasteiger partial charge on any atom is -0.376 e. The standard InChI is InChI=1S/C18H28N4O2/c1-21(16-7-3-2-4-8-16)14-15(13-19)18(24)20-10-6-12-22-11-5-9-17(22)23/h14,16H,2-12H2,1H3,(H,20,24)/b15-14-. The molecule has 6 nitrogen and oxygen atoms in total. The lowest BCUT2D eigenvalue weighted by Gasteiger charge is -2.30. The maximum Gasteiger partial charge on any atom is 0.263 e. The highest BCUT2D eigenvalue weighted by atomic mass is 16.2. The fourth-order valence-corrected chi connectivity index (χ4v) is 3.44. The molecule has 0 aromatic carbocycles. The average Bonchev–Trinajstić information content (AvgIpc) is 3.02. The van der Waals surface area contributed by atoms with Crippen LogP contribution in [0, 0.1) is 11.3 Å². The van der Waals surface area contributed by atoms with Gasteiger partial charge in [0.05, 0.1) is 0 Å². The van der Waals surface area contributed by atoms with Gasteiger partial charge < -0.3 is 15.1 Å². The van der Waals surface area contributed by atoms with Gasteiger partial charge in [0.15, 0.2) is 0 Å². The first-order valence-corrected chi connectivity index (χ1v) is 9.01. The van der Waals surface area contributed by atoms with E-state index in [0.717, 1.165) is 25.8 Å². The molecule has 1 saturated carbocycles. The van der Waals surface area contributed by atoms with E-state index >= 15 is 0 Å². The molecule has 1 aliphatic carbocycles. The maximum absolute atomic E-state index is 12.1. The van der Waals surface area contributed by atoms with Gasteiger partial charge in [0, 0.05) is 45.3 Å². The van der Waals surface area contributed by atoms with E-state index in [0.29, 0.717) is 32.0 Å². The zero-order chi connectivity index (χ0) is 17.4. The van der Waals surface area contributed by atoms with Crippen molar-refractivity contribution in [2.24, 2.45) is 0 Å². The number of nitriles is 1. The minimum absolute atomic E-state index is 0.153. The van der Waals surface area contributed by atoms with Crippen LogP contribution in [0.25, 0.3) is 0 Å². The quantitative estimate of drug-likeness (QED) is 0.438. The Labute approximate surface area is 144 Å². The van der Waals surface area contributed by atoms with Crippen LogP contribution >= 0.6 is 0 Å². The Morgan fingerprint density at radius 3 is 2.75 bits per heavy atom. The Morgan fingerprint density at radius 1 is 1.38 bits per heavy atom. The minimum atomic E-state index is -0.326. The summed E-state index contributed by atoms with van der Waals surface area (Å²) in [6.45, 7) is 1.98. The number of carbonyl (C=O) groups excluding carboxylic acids is 2. The Bertz CT molecular complexity index is 518. The molecule has 1 aliphatic heterocycles. The van der Waals surface area contributed by atoms with Crippen LogP contribution in [0.3, 0.4) is 0 Å². The van der Waals surface area contributed by atoms with Crippen molar-refractivity contribution in [2.75, 3.05) is 26.7 Å². The molecule has 0 aromatic heterocycles. The SMILES string of the molecule is CN(/C=C(/C#N)C(=O)NCCCN1CCCC1=O)C1CCCCC1. The van der Waals surface area contributed by atoms with Crippen molar-refractivity contribution in [2.45, 2.75) is 57.4 Å². The van der Waals surface area contributed by atoms with Gasteiger partial charge in [0.2, 0.25) is 5.91 Å². The molecule has 1 N–H and O–H groups in total. The fraction of sp³-hybridized carbons (Fsp3) is 0.722. The first-order valence-electron chi connectivity index (χ1n) is 9.01. The number of likely N-dealkylation sites (tertiary alicyclic amines) is 1. The van der Waals surface area contributed by atoms with E-state index < -0.39 is 0 Å². The summed E-state index contributed by atoms with van der Waals surface area (Å²) in [5.41, 5.74) is 0.153. The van der Waals surface area contributed by atoms with Crippen LogP contribution in [0.1, 0.15) is 51.4 Å². The second kappa shape index (κ2) is 9.31. The Balaban J connectivity index is 1.75. The highest BCUT2D eigenvalue weighted by Gasteiger charge is 2.20. The predicted molar refractivity (Wildman–Crippen MR) is 91.8 cm³/mol. The summed E-state index contributed by atoms with van der Waals surface area (Å²) >= 11 is 0. The first kappa shape index (κ1) is 18.3. The second-order valence-corrected chi connectivity index (χ2v) is 6.71. The van der Waals surface area contributed by atoms with Crippen LogP contribution in [0.15, 0.2) is 11.8 Å². The van der Waals surface area contributed by atoms with Gasteiger partial charge in [-0.1, -0.05) is 19.3 Å². The molecule has 0 spiro atoms. The summed E-state index contributed by atoms with van der Waals surface area (Å²) in [6.07, 6.45) is 9.91. The normalized spacial score (nSPS) is 19.2. The van der Waals surface area contributed by atoms with Gasteiger partial charge >= 0.3 is 0 Å². The van der Waals surface area contributed by atoms with Crippen LogP contribution in [-0.4, -0.2) is 54.3 Å². The van der Waals surface area contributed by atoms with Crippen LogP contribution in [0.5, 0.6) is 0 Å². The van der Waals surface area contributed by atoms with Crippen molar-refractivity contribution in [3.63, 3.8) is 0 Å². The van der Waals surface area contributed by atoms with E-state index in [9.17, 15) is 14.9 Å². The number of nitrogens with zero attached hydrogens (tertiary/aromatic N) is 3. The van der Waals surface area contributed by atoms with Gasteiger partial charge in [-0.3, -0.25) is 9.59 Å². The van der Waals surface area contributed by atoms with Crippen LogP contribution in [0.4, 0.5) is 0 Å². The molecule has 6 heteroatoms. The van der Waals surface area contributed by atoms with Gasteiger partial charge in [-0.25, -0.2) is 0 Å². The molecule has 2 fully saturated rings. The molecule has 2 aliphatic rings. The lowest BCUT2D eigenvalue weighted by atomic mass is 9.94. The Kier molecular flexibility index (Phi) is 7.10. The van der Waals surface area contributed by atoms with Gasteiger partial charge in [0.1, 0.15) is 11.6 Å². The van der Waals surface area contributed by atoms with Crippen molar-refractivity contribution in [3.05, 3.63) is 11.8 Å². The summed E-state index contributed by atoms with van der Waals surface area (Å²) in [5.74, 6) is -0.124. The number of rotatable bonds is 7. The highest BCUT2D eigenvalue weighted by molar-refractivity contribution is 5.97. The second-order valence-electron chi connectivity index (χ2n) is 6.71. The Hall–Kier alpha value is -2.03. The topological polar surface area (TPSA) is 76.4 Å². The summed E-state index contributed by atoms with van der Waals surface area (Å²) in [5, 5.41) is 12.0. The Morgan fingerprint density at radius 2 is 2.12 bits per heavy atom. The third kappa shape index (κ3) is 5.26. The monoisotopic (exact) mass is 332 g/mol. The third-order valence-electron chi connectivity index (χ3n) is 4.91. The summed E-state index contributed by atoms with van der Waals surface area (Å²) in [4.78, 5) is 27.5. The summed E-state index contributed by atoms with van der Waals surface area (Å²) < 4.78 is 0. The van der Waals surface area contributed by atoms with Crippen molar-refractivity contribution in [1.82, 2.24) is 15.1 Å². The molecule has 0 aromatic rings. The molecular formula is C18H28N4O2. The number of hydrogen-bond donors (Lipinski definition) is 1. The molecule has 0 bridgehead atoms. The van der Waals surface area contributed by atoms with E-state index in [1.165, 1.54) is 19.3 Å². The lowest BCUT2D eigenvalue weighted by molar-refractivity contribution is -0.127. The molecule has 1 saturated heterocycles. The number of nitrogens with one attached hydrogen (secondary N) is 1. The van der Waals surface area contributed by atoms with Crippen molar-refractivity contribution in [1.29, 1.82) is 5.26 Å². The van der Waals surface area contributed by atoms with Gasteiger partial charge in [-0.05, 0) is 25.7 Å². The average molecular weight is 332 g/mol. The van der Waals surface area contributed by atoms with E-state index in [2.05, 4.69) is 5.32 Å². The summed E-state index contributed by atoms with van der Waals surface area (Å²) in [7, 11) is 1.94. The fourth-order valence-electron chi connectivity index (χ4n) is 3.44. The zero-order valence-corrected chi connectivity index (χ0v) is 14.6. The lowest BCUT2D eigenvalue weighted by Crippen LogP contribution is -2.33. The van der Waals surface area contributed by atoms with Crippen molar-refractivity contribution < 1.29 is 9.59 Å². The van der Waals surface area contributed by atoms with E-state index in [1.54, 1.807) is 6.20 Å². The molecule has 2 amide bonds. The maximum atomic E-state index is 12.1. The van der Waals surface area contributed by atoms with Gasteiger partial charge in [-0.15, -0.1) is 0 Å². The molecule has 0 atom stereocenters. The van der Waals surface area contributed by atoms with Crippen molar-refractivity contribution >= 4 is 11.8 Å². The molecule has 24 heavy (non-hydrogen) atoms. The third-order valence-corrected chi connectivity index (χ3v) is 4.91. The van der Waals surface area contributed by atoms with E-state index in [4.69, 9.17) is 0 Å². The van der Waals surface area contributed by atoms with Crippen LogP contribution < -0.4 is 5.32 Å². The van der Waals surface area contributed by atoms with Crippen molar-refractivity contribution in [3.8, 4) is 6.07 Å². The largest absolute Gasteiger partial charge is 0.376 e. The number of hydrogen-bond acceptors (Lipinski definition) is 4. The molecule has 0 unspecified atom stereocenters. The van der Waals surface area contributed by atoms with Crippen LogP contribution in [-0.2, 0) is 9.59 Å². The predicted octanol–water partition coefficient (Wildman–Crippen LogP) is 1.79. The zero-order valence-electron chi connectivity index (χ0n) is 14.6.